The molecule has 0 unspecified atom stereocenters. The van der Waals surface area contributed by atoms with E-state index in [1.54, 1.807) is 33.7 Å². The van der Waals surface area contributed by atoms with E-state index in [4.69, 9.17) is 0 Å². The summed E-state index contributed by atoms with van der Waals surface area (Å²) >= 11 is 0. The Morgan fingerprint density at radius 2 is 2.08 bits per heavy atom. The van der Waals surface area contributed by atoms with Crippen molar-refractivity contribution >= 4 is 17.1 Å². The zero-order valence-corrected chi connectivity index (χ0v) is 12.7. The second-order valence-electron chi connectivity index (χ2n) is 5.20. The predicted molar refractivity (Wildman–Crippen MR) is 84.8 cm³/mol. The number of carbonyl (C=O) groups is 1. The van der Waals surface area contributed by atoms with Crippen molar-refractivity contribution in [3.63, 3.8) is 0 Å². The minimum Gasteiger partial charge on any atom is -0.322 e. The van der Waals surface area contributed by atoms with Crippen LogP contribution in [0.25, 0.3) is 11.2 Å². The fourth-order valence-corrected chi connectivity index (χ4v) is 2.45. The molecule has 3 aromatic heterocycles. The molecule has 0 bridgehead atoms. The second kappa shape index (κ2) is 5.54. The lowest BCUT2D eigenvalue weighted by Crippen LogP contribution is -2.13. The highest BCUT2D eigenvalue weighted by Crippen LogP contribution is 2.19. The fourth-order valence-electron chi connectivity index (χ4n) is 2.45. The first kappa shape index (κ1) is 14.0. The number of amides is 1. The van der Waals surface area contributed by atoms with Crippen molar-refractivity contribution in [3.8, 4) is 5.69 Å². The smallest absolute Gasteiger partial charge is 0.257 e. The van der Waals surface area contributed by atoms with E-state index < -0.39 is 0 Å². The third kappa shape index (κ3) is 2.37. The Hall–Kier alpha value is -3.62. The van der Waals surface area contributed by atoms with Gasteiger partial charge in [0.1, 0.15) is 6.33 Å². The average Bonchev–Trinajstić information content (AvgIpc) is 3.27. The Balaban J connectivity index is 1.67. The van der Waals surface area contributed by atoms with Crippen molar-refractivity contribution in [2.45, 2.75) is 6.92 Å². The molecule has 0 aliphatic carbocycles. The van der Waals surface area contributed by atoms with E-state index in [1.165, 1.54) is 6.33 Å². The van der Waals surface area contributed by atoms with E-state index in [2.05, 4.69) is 31.2 Å². The Bertz CT molecular complexity index is 1020. The zero-order chi connectivity index (χ0) is 16.5. The van der Waals surface area contributed by atoms with Crippen LogP contribution in [0.15, 0.2) is 49.1 Å². The number of hydrogen-bond acceptors (Lipinski definition) is 6. The first-order chi connectivity index (χ1) is 11.7. The Kier molecular flexibility index (Phi) is 3.23. The molecule has 3 heterocycles. The van der Waals surface area contributed by atoms with Crippen molar-refractivity contribution in [1.29, 1.82) is 0 Å². The number of aromatic nitrogens is 7. The summed E-state index contributed by atoms with van der Waals surface area (Å²) in [6.07, 6.45) is 4.80. The normalized spacial score (nSPS) is 10.9. The Morgan fingerprint density at radius 1 is 1.17 bits per heavy atom. The molecule has 4 rings (SSSR count). The van der Waals surface area contributed by atoms with Crippen LogP contribution in [-0.2, 0) is 0 Å². The number of rotatable bonds is 3. The quantitative estimate of drug-likeness (QED) is 0.609. The lowest BCUT2D eigenvalue weighted by molar-refractivity contribution is 0.102. The molecule has 1 amide bonds. The van der Waals surface area contributed by atoms with Gasteiger partial charge in [-0.1, -0.05) is 11.3 Å². The number of anilines is 1. The monoisotopic (exact) mass is 320 g/mol. The minimum atomic E-state index is -0.241. The third-order valence-corrected chi connectivity index (χ3v) is 3.65. The molecule has 0 aliphatic rings. The zero-order valence-electron chi connectivity index (χ0n) is 12.7. The predicted octanol–water partition coefficient (Wildman–Crippen LogP) is 1.27. The van der Waals surface area contributed by atoms with Crippen LogP contribution in [0.5, 0.6) is 0 Å². The van der Waals surface area contributed by atoms with Crippen LogP contribution in [0.3, 0.4) is 0 Å². The third-order valence-electron chi connectivity index (χ3n) is 3.65. The average molecular weight is 320 g/mol. The number of aryl methyl sites for hydroxylation is 1. The number of fused-ring (bicyclic) bond motifs is 1. The van der Waals surface area contributed by atoms with Crippen molar-refractivity contribution in [3.05, 3.63) is 60.2 Å². The number of benzene rings is 1. The molecule has 9 heteroatoms. The van der Waals surface area contributed by atoms with Gasteiger partial charge in [-0.2, -0.15) is 0 Å². The van der Waals surface area contributed by atoms with E-state index in [0.717, 1.165) is 11.3 Å². The maximum atomic E-state index is 12.6. The maximum absolute atomic E-state index is 12.6. The van der Waals surface area contributed by atoms with Gasteiger partial charge < -0.3 is 5.32 Å². The lowest BCUT2D eigenvalue weighted by Gasteiger charge is -2.10. The van der Waals surface area contributed by atoms with E-state index in [0.29, 0.717) is 16.8 Å². The van der Waals surface area contributed by atoms with Gasteiger partial charge in [0.2, 0.25) is 0 Å². The molecule has 0 saturated carbocycles. The van der Waals surface area contributed by atoms with Crippen LogP contribution in [0.1, 0.15) is 15.9 Å². The second-order valence-corrected chi connectivity index (χ2v) is 5.20. The first-order valence-electron chi connectivity index (χ1n) is 7.17. The van der Waals surface area contributed by atoms with Crippen LogP contribution in [0.2, 0.25) is 0 Å². The molecule has 9 nitrogen and oxygen atoms in total. The molecule has 0 atom stereocenters. The molecule has 0 spiro atoms. The molecule has 4 aromatic rings. The fraction of sp³-hybridized carbons (Fsp3) is 0.0667. The lowest BCUT2D eigenvalue weighted by atomic mass is 10.1. The van der Waals surface area contributed by atoms with E-state index >= 15 is 0 Å². The van der Waals surface area contributed by atoms with E-state index in [9.17, 15) is 4.79 Å². The number of nitrogens with zero attached hydrogens (tertiary/aromatic N) is 7. The van der Waals surface area contributed by atoms with Crippen LogP contribution < -0.4 is 5.32 Å². The molecule has 0 fully saturated rings. The molecule has 24 heavy (non-hydrogen) atoms. The van der Waals surface area contributed by atoms with Gasteiger partial charge in [0.05, 0.1) is 23.0 Å². The topological polar surface area (TPSA) is 103 Å². The number of tetrazole rings is 1. The van der Waals surface area contributed by atoms with Crippen molar-refractivity contribution < 1.29 is 4.79 Å². The number of carbonyl (C=O) groups excluding carboxylic acids is 1. The highest BCUT2D eigenvalue weighted by molar-refractivity contribution is 6.08. The van der Waals surface area contributed by atoms with Crippen molar-refractivity contribution in [2.75, 3.05) is 5.32 Å². The summed E-state index contributed by atoms with van der Waals surface area (Å²) in [4.78, 5) is 12.6. The first-order valence-corrected chi connectivity index (χ1v) is 7.17. The van der Waals surface area contributed by atoms with Gasteiger partial charge in [0, 0.05) is 11.9 Å². The number of nitrogens with one attached hydrogen (secondary N) is 1. The van der Waals surface area contributed by atoms with Gasteiger partial charge in [0.15, 0.2) is 0 Å². The van der Waals surface area contributed by atoms with Gasteiger partial charge in [-0.15, -0.1) is 10.2 Å². The highest BCUT2D eigenvalue weighted by Gasteiger charge is 2.12. The molecule has 118 valence electrons. The minimum absolute atomic E-state index is 0.241. The molecule has 1 aromatic carbocycles. The van der Waals surface area contributed by atoms with Crippen molar-refractivity contribution in [1.82, 2.24) is 35.0 Å². The molecule has 0 radical (unpaired) electrons. The molecule has 0 aliphatic heterocycles. The highest BCUT2D eigenvalue weighted by atomic mass is 16.1. The Morgan fingerprint density at radius 3 is 2.92 bits per heavy atom. The maximum Gasteiger partial charge on any atom is 0.257 e. The number of pyridine rings is 1. The largest absolute Gasteiger partial charge is 0.322 e. The summed E-state index contributed by atoms with van der Waals surface area (Å²) < 4.78 is 3.10. The van der Waals surface area contributed by atoms with Gasteiger partial charge in [0.25, 0.3) is 5.91 Å². The van der Waals surface area contributed by atoms with Crippen molar-refractivity contribution in [2.24, 2.45) is 0 Å². The SMILES string of the molecule is Cc1ccc(NC(=O)c2cccn3nncc23)cc1-n1cnnn1. The van der Waals surface area contributed by atoms with E-state index in [-0.39, 0.29) is 5.91 Å². The summed E-state index contributed by atoms with van der Waals surface area (Å²) in [5, 5.41) is 21.7. The van der Waals surface area contributed by atoms with Gasteiger partial charge >= 0.3 is 0 Å². The summed E-state index contributed by atoms with van der Waals surface area (Å²) in [5.74, 6) is -0.241. The summed E-state index contributed by atoms with van der Waals surface area (Å²) in [7, 11) is 0. The van der Waals surface area contributed by atoms with E-state index in [1.807, 2.05) is 25.1 Å². The summed E-state index contributed by atoms with van der Waals surface area (Å²) in [6.45, 7) is 1.95. The van der Waals surface area contributed by atoms with Crippen LogP contribution in [0, 0.1) is 6.92 Å². The van der Waals surface area contributed by atoms with Gasteiger partial charge in [-0.05, 0) is 47.2 Å². The van der Waals surface area contributed by atoms with Gasteiger partial charge in [-0.25, -0.2) is 9.20 Å². The summed E-state index contributed by atoms with van der Waals surface area (Å²) in [5.41, 5.74) is 3.56. The van der Waals surface area contributed by atoms with Crippen LogP contribution >= 0.6 is 0 Å². The molecular weight excluding hydrogens is 308 g/mol. The molecular formula is C15H12N8O. The molecule has 1 N–H and O–H groups in total. The summed E-state index contributed by atoms with van der Waals surface area (Å²) in [6, 6.07) is 9.02. The van der Waals surface area contributed by atoms with Gasteiger partial charge in [-0.3, -0.25) is 4.79 Å². The van der Waals surface area contributed by atoms with Crippen LogP contribution in [0.4, 0.5) is 5.69 Å². The van der Waals surface area contributed by atoms with Crippen LogP contribution in [-0.4, -0.2) is 40.9 Å². The molecule has 0 saturated heterocycles. The standard InChI is InChI=1S/C15H12N8O/c1-10-4-5-11(7-13(10)23-9-17-19-21-23)18-15(24)12-3-2-6-22-14(12)8-16-20-22/h2-9H,1H3,(H,18,24). The Labute approximate surface area is 135 Å². The number of hydrogen-bond donors (Lipinski definition) is 1.